The highest BCUT2D eigenvalue weighted by atomic mass is 32.1. The molecule has 1 aliphatic carbocycles. The first kappa shape index (κ1) is 29.9. The molecule has 1 unspecified atom stereocenters. The van der Waals surface area contributed by atoms with Crippen molar-refractivity contribution in [1.29, 1.82) is 0 Å². The molecule has 1 aromatic heterocycles. The van der Waals surface area contributed by atoms with Gasteiger partial charge in [0.2, 0.25) is 0 Å². The highest BCUT2D eigenvalue weighted by molar-refractivity contribution is 7.12. The minimum absolute atomic E-state index is 0.0564. The lowest BCUT2D eigenvalue weighted by molar-refractivity contribution is -0.134. The molecule has 2 amide bonds. The predicted octanol–water partition coefficient (Wildman–Crippen LogP) is 7.34. The van der Waals surface area contributed by atoms with Gasteiger partial charge >= 0.3 is 6.09 Å². The number of unbranched alkanes of at least 4 members (excludes halogenated alkanes) is 1. The van der Waals surface area contributed by atoms with E-state index in [0.717, 1.165) is 87.4 Å². The van der Waals surface area contributed by atoms with Gasteiger partial charge in [-0.1, -0.05) is 39.0 Å². The molecule has 1 saturated carbocycles. The van der Waals surface area contributed by atoms with E-state index >= 15 is 0 Å². The molecule has 0 N–H and O–H groups in total. The smallest absolute Gasteiger partial charge is 0.410 e. The zero-order valence-corrected chi connectivity index (χ0v) is 26.7. The number of hydrogen-bond acceptors (Lipinski definition) is 5. The minimum Gasteiger partial charge on any atom is -0.442 e. The van der Waals surface area contributed by atoms with Crippen molar-refractivity contribution in [2.45, 2.75) is 123 Å². The molecule has 40 heavy (non-hydrogen) atoms. The Labute approximate surface area is 246 Å². The summed E-state index contributed by atoms with van der Waals surface area (Å²) in [7, 11) is 0. The standard InChI is InChI=1S/C33H53N3O3S/c1-6-7-13-28-23-35(22-27-11-9-8-10-12-27)31(38)39-33(28)16-20-36(21-17-33)32(5)14-18-34(19-15-32)30(37)29-24(2)25(3)40-26(29)4/h27-28H,6-23H2,1-5H3. The van der Waals surface area contributed by atoms with Crippen LogP contribution in [0.3, 0.4) is 0 Å². The summed E-state index contributed by atoms with van der Waals surface area (Å²) in [5.74, 6) is 1.30. The van der Waals surface area contributed by atoms with Crippen LogP contribution in [0.5, 0.6) is 0 Å². The van der Waals surface area contributed by atoms with Crippen LogP contribution in [0.25, 0.3) is 0 Å². The number of ether oxygens (including phenoxy) is 1. The van der Waals surface area contributed by atoms with Gasteiger partial charge in [-0.3, -0.25) is 9.69 Å². The molecule has 3 aliphatic heterocycles. The molecule has 0 aromatic carbocycles. The second kappa shape index (κ2) is 12.3. The van der Waals surface area contributed by atoms with Gasteiger partial charge in [0.15, 0.2) is 0 Å². The Morgan fingerprint density at radius 3 is 2.25 bits per heavy atom. The van der Waals surface area contributed by atoms with Crippen LogP contribution in [0.4, 0.5) is 4.79 Å². The van der Waals surface area contributed by atoms with Crippen molar-refractivity contribution >= 4 is 23.3 Å². The first-order valence-electron chi connectivity index (χ1n) is 16.2. The van der Waals surface area contributed by atoms with Crippen LogP contribution in [0.1, 0.15) is 117 Å². The number of piperidine rings is 2. The lowest BCUT2D eigenvalue weighted by atomic mass is 9.74. The molecule has 6 nitrogen and oxygen atoms in total. The van der Waals surface area contributed by atoms with E-state index in [1.165, 1.54) is 49.8 Å². The van der Waals surface area contributed by atoms with Crippen LogP contribution < -0.4 is 0 Å². The summed E-state index contributed by atoms with van der Waals surface area (Å²) in [5, 5.41) is 0. The monoisotopic (exact) mass is 571 g/mol. The van der Waals surface area contributed by atoms with Gasteiger partial charge in [-0.05, 0) is 71.3 Å². The number of hydrogen-bond donors (Lipinski definition) is 0. The minimum atomic E-state index is -0.301. The summed E-state index contributed by atoms with van der Waals surface area (Å²) in [6.45, 7) is 16.3. The number of nitrogens with zero attached hydrogens (tertiary/aromatic N) is 3. The molecule has 1 spiro atoms. The molecule has 0 radical (unpaired) electrons. The fourth-order valence-electron chi connectivity index (χ4n) is 8.17. The van der Waals surface area contributed by atoms with Gasteiger partial charge in [-0.2, -0.15) is 0 Å². The summed E-state index contributed by atoms with van der Waals surface area (Å²) < 4.78 is 6.48. The molecule has 1 atom stereocenters. The highest BCUT2D eigenvalue weighted by Crippen LogP contribution is 2.44. The molecule has 7 heteroatoms. The second-order valence-corrected chi connectivity index (χ2v) is 15.1. The zero-order valence-electron chi connectivity index (χ0n) is 25.9. The summed E-state index contributed by atoms with van der Waals surface area (Å²) in [6, 6.07) is 0. The fourth-order valence-corrected chi connectivity index (χ4v) is 9.23. The van der Waals surface area contributed by atoms with E-state index < -0.39 is 0 Å². The number of rotatable bonds is 7. The van der Waals surface area contributed by atoms with E-state index in [9.17, 15) is 9.59 Å². The number of carbonyl (C=O) groups excluding carboxylic acids is 2. The van der Waals surface area contributed by atoms with Crippen molar-refractivity contribution in [3.05, 3.63) is 20.9 Å². The summed E-state index contributed by atoms with van der Waals surface area (Å²) in [4.78, 5) is 36.0. The molecule has 0 bridgehead atoms. The Kier molecular flexibility index (Phi) is 9.21. The van der Waals surface area contributed by atoms with Crippen molar-refractivity contribution in [2.24, 2.45) is 11.8 Å². The Morgan fingerprint density at radius 2 is 1.65 bits per heavy atom. The van der Waals surface area contributed by atoms with E-state index in [2.05, 4.69) is 49.3 Å². The van der Waals surface area contributed by atoms with E-state index in [1.54, 1.807) is 11.3 Å². The summed E-state index contributed by atoms with van der Waals surface area (Å²) in [6.07, 6.45) is 13.9. The van der Waals surface area contributed by atoms with E-state index in [4.69, 9.17) is 4.74 Å². The van der Waals surface area contributed by atoms with Crippen molar-refractivity contribution < 1.29 is 14.3 Å². The van der Waals surface area contributed by atoms with Gasteiger partial charge in [0.25, 0.3) is 5.91 Å². The number of aryl methyl sites for hydroxylation is 2. The van der Waals surface area contributed by atoms with Gasteiger partial charge in [-0.25, -0.2) is 4.79 Å². The number of amides is 2. The third-order valence-electron chi connectivity index (χ3n) is 11.1. The number of likely N-dealkylation sites (tertiary alicyclic amines) is 2. The van der Waals surface area contributed by atoms with Gasteiger partial charge in [-0.15, -0.1) is 11.3 Å². The average molecular weight is 572 g/mol. The lowest BCUT2D eigenvalue weighted by Gasteiger charge is -2.55. The first-order chi connectivity index (χ1) is 19.2. The third kappa shape index (κ3) is 5.97. The fraction of sp³-hybridized carbons (Fsp3) is 0.818. The summed E-state index contributed by atoms with van der Waals surface area (Å²) in [5.41, 5.74) is 1.88. The van der Waals surface area contributed by atoms with Crippen LogP contribution in [0.2, 0.25) is 0 Å². The largest absolute Gasteiger partial charge is 0.442 e. The van der Waals surface area contributed by atoms with E-state index in [0.29, 0.717) is 11.8 Å². The maximum atomic E-state index is 13.4. The van der Waals surface area contributed by atoms with Crippen LogP contribution in [-0.4, -0.2) is 77.1 Å². The van der Waals surface area contributed by atoms with Crippen LogP contribution in [0, 0.1) is 32.6 Å². The first-order valence-corrected chi connectivity index (χ1v) is 17.1. The lowest BCUT2D eigenvalue weighted by Crippen LogP contribution is -2.63. The van der Waals surface area contributed by atoms with Gasteiger partial charge in [0.05, 0.1) is 5.56 Å². The summed E-state index contributed by atoms with van der Waals surface area (Å²) >= 11 is 1.74. The molecule has 5 rings (SSSR count). The molecule has 3 saturated heterocycles. The maximum Gasteiger partial charge on any atom is 0.410 e. The van der Waals surface area contributed by atoms with Crippen LogP contribution in [-0.2, 0) is 4.74 Å². The van der Waals surface area contributed by atoms with Crippen molar-refractivity contribution in [3.63, 3.8) is 0 Å². The Bertz CT molecular complexity index is 1050. The topological polar surface area (TPSA) is 53.1 Å². The predicted molar refractivity (Wildman–Crippen MR) is 163 cm³/mol. The zero-order chi connectivity index (χ0) is 28.5. The molecule has 4 fully saturated rings. The molecule has 224 valence electrons. The SMILES string of the molecule is CCCCC1CN(CC2CCCCC2)C(=O)OC12CCN(C1(C)CCN(C(=O)c3c(C)sc(C)c3C)CC1)CC2. The van der Waals surface area contributed by atoms with Gasteiger partial charge in [0, 0.05) is 73.3 Å². The molecular formula is C33H53N3O3S. The number of thiophene rings is 1. The van der Waals surface area contributed by atoms with E-state index in [-0.39, 0.29) is 23.1 Å². The van der Waals surface area contributed by atoms with Gasteiger partial charge in [0.1, 0.15) is 5.60 Å². The van der Waals surface area contributed by atoms with Crippen LogP contribution >= 0.6 is 11.3 Å². The highest BCUT2D eigenvalue weighted by Gasteiger charge is 2.51. The van der Waals surface area contributed by atoms with Crippen molar-refractivity contribution in [3.8, 4) is 0 Å². The average Bonchev–Trinajstić information content (AvgIpc) is 3.21. The molecule has 4 heterocycles. The van der Waals surface area contributed by atoms with Gasteiger partial charge < -0.3 is 14.5 Å². The molecule has 4 aliphatic rings. The Hall–Kier alpha value is -1.60. The van der Waals surface area contributed by atoms with Crippen molar-refractivity contribution in [1.82, 2.24) is 14.7 Å². The normalized spacial score (nSPS) is 25.8. The Balaban J connectivity index is 1.19. The quantitative estimate of drug-likeness (QED) is 0.344. The van der Waals surface area contributed by atoms with E-state index in [1.807, 2.05) is 0 Å². The van der Waals surface area contributed by atoms with Crippen molar-refractivity contribution in [2.75, 3.05) is 39.3 Å². The Morgan fingerprint density at radius 1 is 0.975 bits per heavy atom. The molecular weight excluding hydrogens is 518 g/mol. The second-order valence-electron chi connectivity index (χ2n) is 13.7. The van der Waals surface area contributed by atoms with Crippen LogP contribution in [0.15, 0.2) is 0 Å². The third-order valence-corrected chi connectivity index (χ3v) is 12.2. The number of carbonyl (C=O) groups is 2. The molecule has 1 aromatic rings. The maximum absolute atomic E-state index is 13.4.